The maximum absolute atomic E-state index is 12.9. The van der Waals surface area contributed by atoms with E-state index in [-0.39, 0.29) is 5.91 Å². The van der Waals surface area contributed by atoms with Crippen molar-refractivity contribution >= 4 is 33.9 Å². The number of oxazole rings is 1. The van der Waals surface area contributed by atoms with Gasteiger partial charge < -0.3 is 14.7 Å². The van der Waals surface area contributed by atoms with E-state index in [0.717, 1.165) is 33.5 Å². The molecule has 1 unspecified atom stereocenters. The Hall–Kier alpha value is -4.00. The second-order valence-electron chi connectivity index (χ2n) is 8.36. The van der Waals surface area contributed by atoms with Gasteiger partial charge in [0.15, 0.2) is 5.58 Å². The Morgan fingerprint density at radius 3 is 2.77 bits per heavy atom. The highest BCUT2D eigenvalue weighted by Crippen LogP contribution is 2.47. The number of amides is 1. The third-order valence-electron chi connectivity index (χ3n) is 6.48. The highest BCUT2D eigenvalue weighted by atomic mass is 16.3. The molecule has 1 amide bonds. The molecule has 7 nitrogen and oxygen atoms in total. The van der Waals surface area contributed by atoms with Gasteiger partial charge in [0.25, 0.3) is 0 Å². The Labute approximate surface area is 176 Å². The monoisotopic (exact) mass is 407 g/mol. The van der Waals surface area contributed by atoms with Crippen molar-refractivity contribution < 1.29 is 9.21 Å². The molecular weight excluding hydrogens is 390 g/mol. The molecule has 5 aromatic rings. The first-order chi connectivity index (χ1) is 15.2. The molecule has 1 spiro atoms. The molecule has 2 aromatic carbocycles. The van der Waals surface area contributed by atoms with E-state index in [0.29, 0.717) is 31.0 Å². The van der Waals surface area contributed by atoms with Crippen LogP contribution in [0.1, 0.15) is 28.4 Å². The molecule has 150 valence electrons. The number of nitrogens with zero attached hydrogens (tertiary/aromatic N) is 3. The van der Waals surface area contributed by atoms with Gasteiger partial charge in [-0.05, 0) is 54.3 Å². The minimum Gasteiger partial charge on any atom is -0.440 e. The Morgan fingerprint density at radius 2 is 1.87 bits per heavy atom. The number of hydrogen-bond donors (Lipinski definition) is 2. The zero-order valence-corrected chi connectivity index (χ0v) is 16.5. The Kier molecular flexibility index (Phi) is 3.13. The molecule has 31 heavy (non-hydrogen) atoms. The lowest BCUT2D eigenvalue weighted by Gasteiger charge is -2.20. The van der Waals surface area contributed by atoms with Crippen LogP contribution in [-0.4, -0.2) is 25.8 Å². The fourth-order valence-corrected chi connectivity index (χ4v) is 5.05. The largest absolute Gasteiger partial charge is 0.440 e. The standard InChI is InChI=1S/C24H17N5O2/c30-23-24(15-4-3-7-25-22(15)29-23)11-13-8-17-18(9-14(13)12-24)27-20(26-17)10-21-28-16-5-1-2-6-19(16)31-21/h1-9H,10-12H2,(H,26,27)(H,25,29,30). The summed E-state index contributed by atoms with van der Waals surface area (Å²) in [5.41, 5.74) is 6.26. The Morgan fingerprint density at radius 1 is 1.00 bits per heavy atom. The van der Waals surface area contributed by atoms with Gasteiger partial charge in [0.1, 0.15) is 17.2 Å². The predicted molar refractivity (Wildman–Crippen MR) is 115 cm³/mol. The van der Waals surface area contributed by atoms with Crippen LogP contribution in [0.25, 0.3) is 22.1 Å². The summed E-state index contributed by atoms with van der Waals surface area (Å²) in [6.45, 7) is 0. The topological polar surface area (TPSA) is 96.7 Å². The molecular formula is C24H17N5O2. The second kappa shape index (κ2) is 5.78. The zero-order chi connectivity index (χ0) is 20.6. The molecule has 7 heteroatoms. The molecule has 1 aliphatic carbocycles. The van der Waals surface area contributed by atoms with Crippen molar-refractivity contribution in [2.45, 2.75) is 24.7 Å². The molecule has 3 aromatic heterocycles. The number of H-pyrrole nitrogens is 1. The van der Waals surface area contributed by atoms with Crippen LogP contribution in [0.5, 0.6) is 0 Å². The van der Waals surface area contributed by atoms with E-state index in [4.69, 9.17) is 9.40 Å². The number of carbonyl (C=O) groups excluding carboxylic acids is 1. The first-order valence-corrected chi connectivity index (χ1v) is 10.3. The lowest BCUT2D eigenvalue weighted by molar-refractivity contribution is -0.120. The summed E-state index contributed by atoms with van der Waals surface area (Å²) >= 11 is 0. The van der Waals surface area contributed by atoms with Crippen molar-refractivity contribution in [3.05, 3.63) is 83.1 Å². The first-order valence-electron chi connectivity index (χ1n) is 10.3. The molecule has 0 bridgehead atoms. The van der Waals surface area contributed by atoms with E-state index in [2.05, 4.69) is 32.4 Å². The van der Waals surface area contributed by atoms with Gasteiger partial charge >= 0.3 is 0 Å². The third kappa shape index (κ3) is 2.34. The molecule has 2 N–H and O–H groups in total. The van der Waals surface area contributed by atoms with Gasteiger partial charge in [-0.3, -0.25) is 4.79 Å². The summed E-state index contributed by atoms with van der Waals surface area (Å²) in [6.07, 6.45) is 3.55. The molecule has 0 saturated heterocycles. The number of carbonyl (C=O) groups is 1. The molecule has 4 heterocycles. The van der Waals surface area contributed by atoms with Crippen LogP contribution in [-0.2, 0) is 29.5 Å². The number of benzene rings is 2. The maximum Gasteiger partial charge on any atom is 0.237 e. The number of fused-ring (bicyclic) bond motifs is 5. The van der Waals surface area contributed by atoms with Gasteiger partial charge in [-0.2, -0.15) is 0 Å². The average molecular weight is 407 g/mol. The average Bonchev–Trinajstić information content (AvgIpc) is 3.50. The fourth-order valence-electron chi connectivity index (χ4n) is 5.05. The highest BCUT2D eigenvalue weighted by molar-refractivity contribution is 6.06. The number of para-hydroxylation sites is 2. The van der Waals surface area contributed by atoms with Gasteiger partial charge in [0, 0.05) is 11.8 Å². The minimum atomic E-state index is -0.564. The summed E-state index contributed by atoms with van der Waals surface area (Å²) < 4.78 is 5.83. The molecule has 2 aliphatic rings. The smallest absolute Gasteiger partial charge is 0.237 e. The number of aromatic nitrogens is 4. The van der Waals surface area contributed by atoms with Crippen LogP contribution < -0.4 is 5.32 Å². The van der Waals surface area contributed by atoms with Crippen LogP contribution in [0.15, 0.2) is 59.1 Å². The van der Waals surface area contributed by atoms with E-state index >= 15 is 0 Å². The maximum atomic E-state index is 12.9. The van der Waals surface area contributed by atoms with Crippen LogP contribution in [0.4, 0.5) is 5.82 Å². The van der Waals surface area contributed by atoms with Crippen molar-refractivity contribution in [2.24, 2.45) is 0 Å². The van der Waals surface area contributed by atoms with Crippen molar-refractivity contribution in [1.82, 2.24) is 19.9 Å². The molecule has 0 radical (unpaired) electrons. The van der Waals surface area contributed by atoms with Crippen LogP contribution in [0.3, 0.4) is 0 Å². The molecule has 1 atom stereocenters. The third-order valence-corrected chi connectivity index (χ3v) is 6.48. The minimum absolute atomic E-state index is 0.0330. The van der Waals surface area contributed by atoms with Gasteiger partial charge in [0.2, 0.25) is 11.8 Å². The van der Waals surface area contributed by atoms with Gasteiger partial charge in [-0.25, -0.2) is 15.0 Å². The van der Waals surface area contributed by atoms with E-state index in [1.165, 1.54) is 11.1 Å². The molecule has 7 rings (SSSR count). The molecule has 1 aliphatic heterocycles. The lowest BCUT2D eigenvalue weighted by Crippen LogP contribution is -2.35. The van der Waals surface area contributed by atoms with Gasteiger partial charge in [0.05, 0.1) is 22.9 Å². The van der Waals surface area contributed by atoms with E-state index < -0.39 is 5.41 Å². The summed E-state index contributed by atoms with van der Waals surface area (Å²) in [5, 5.41) is 2.96. The van der Waals surface area contributed by atoms with Crippen LogP contribution in [0.2, 0.25) is 0 Å². The predicted octanol–water partition coefficient (Wildman–Crippen LogP) is 3.68. The van der Waals surface area contributed by atoms with Crippen LogP contribution in [0, 0.1) is 0 Å². The Balaban J connectivity index is 1.24. The van der Waals surface area contributed by atoms with Gasteiger partial charge in [-0.1, -0.05) is 18.2 Å². The number of nitrogens with one attached hydrogen (secondary N) is 2. The van der Waals surface area contributed by atoms with Crippen molar-refractivity contribution in [3.63, 3.8) is 0 Å². The van der Waals surface area contributed by atoms with Crippen molar-refractivity contribution in [1.29, 1.82) is 0 Å². The summed E-state index contributed by atoms with van der Waals surface area (Å²) in [5.74, 6) is 2.17. The number of hydrogen-bond acceptors (Lipinski definition) is 5. The van der Waals surface area contributed by atoms with E-state index in [9.17, 15) is 4.79 Å². The second-order valence-corrected chi connectivity index (χ2v) is 8.36. The summed E-state index contributed by atoms with van der Waals surface area (Å²) in [4.78, 5) is 29.9. The summed E-state index contributed by atoms with van der Waals surface area (Å²) in [6, 6.07) is 15.9. The van der Waals surface area contributed by atoms with Crippen molar-refractivity contribution in [3.8, 4) is 0 Å². The van der Waals surface area contributed by atoms with Crippen LogP contribution >= 0.6 is 0 Å². The SMILES string of the molecule is O=C1Nc2ncccc2C12Cc1cc3nc(Cc4nc5ccccc5o4)[nH]c3cc1C2. The number of pyridine rings is 1. The van der Waals surface area contributed by atoms with Crippen molar-refractivity contribution in [2.75, 3.05) is 5.32 Å². The van der Waals surface area contributed by atoms with E-state index in [1.54, 1.807) is 6.20 Å². The quantitative estimate of drug-likeness (QED) is 0.465. The zero-order valence-electron chi connectivity index (χ0n) is 16.5. The first kappa shape index (κ1) is 16.8. The number of aromatic amines is 1. The normalized spacial score (nSPS) is 16.2. The number of anilines is 1. The highest BCUT2D eigenvalue weighted by Gasteiger charge is 2.51. The lowest BCUT2D eigenvalue weighted by atomic mass is 9.79. The molecule has 0 saturated carbocycles. The summed E-state index contributed by atoms with van der Waals surface area (Å²) in [7, 11) is 0. The number of rotatable bonds is 2. The Bertz CT molecular complexity index is 1450. The van der Waals surface area contributed by atoms with Gasteiger partial charge in [-0.15, -0.1) is 0 Å². The molecule has 0 fully saturated rings. The fraction of sp³-hybridized carbons (Fsp3) is 0.167. The number of imidazole rings is 1. The van der Waals surface area contributed by atoms with E-state index in [1.807, 2.05) is 36.4 Å².